The lowest BCUT2D eigenvalue weighted by molar-refractivity contribution is -0.133. The zero-order valence-corrected chi connectivity index (χ0v) is 21.3. The lowest BCUT2D eigenvalue weighted by Crippen LogP contribution is -2.36. The quantitative estimate of drug-likeness (QED) is 0.304. The maximum Gasteiger partial charge on any atom is 0.328 e. The second kappa shape index (κ2) is 10.3. The predicted molar refractivity (Wildman–Crippen MR) is 144 cm³/mol. The van der Waals surface area contributed by atoms with Gasteiger partial charge >= 0.3 is 11.8 Å². The molecule has 0 bridgehead atoms. The van der Waals surface area contributed by atoms with E-state index in [-0.39, 0.29) is 5.69 Å². The molecule has 4 rings (SSSR count). The fourth-order valence-corrected chi connectivity index (χ4v) is 4.37. The number of amides is 3. The Labute approximate surface area is 214 Å². The number of halogens is 1. The highest BCUT2D eigenvalue weighted by atomic mass is 35.5. The minimum absolute atomic E-state index is 0.149. The number of benzene rings is 3. The smallest absolute Gasteiger partial charge is 0.321 e. The van der Waals surface area contributed by atoms with Gasteiger partial charge in [-0.2, -0.15) is 0 Å². The summed E-state index contributed by atoms with van der Waals surface area (Å²) in [6, 6.07) is 18.0. The first-order valence-corrected chi connectivity index (χ1v) is 12.0. The van der Waals surface area contributed by atoms with Gasteiger partial charge in [0, 0.05) is 21.8 Å². The van der Waals surface area contributed by atoms with Crippen LogP contribution < -0.4 is 16.1 Å². The van der Waals surface area contributed by atoms with Gasteiger partial charge in [0.25, 0.3) is 5.91 Å². The Kier molecular flexibility index (Phi) is 7.12. The van der Waals surface area contributed by atoms with Gasteiger partial charge in [0.2, 0.25) is 0 Å². The minimum Gasteiger partial charge on any atom is -0.321 e. The monoisotopic (exact) mass is 502 g/mol. The first kappa shape index (κ1) is 25.0. The van der Waals surface area contributed by atoms with E-state index in [1.165, 1.54) is 4.68 Å². The number of carbonyl (C=O) groups excluding carboxylic acids is 3. The summed E-state index contributed by atoms with van der Waals surface area (Å²) in [5.41, 5.74) is 8.34. The Balaban J connectivity index is 1.62. The molecule has 184 valence electrons. The molecule has 36 heavy (non-hydrogen) atoms. The number of hydrogen-bond donors (Lipinski definition) is 3. The third-order valence-electron chi connectivity index (χ3n) is 5.95. The summed E-state index contributed by atoms with van der Waals surface area (Å²) in [7, 11) is 0. The SMILES string of the molecule is CCc1ccc(NC(=O)c2cc3cc(Cl)ccc3n2NC(=O)C(=O)Nc2c(C)cc(C)cc2C)cc1. The molecule has 0 unspecified atom stereocenters. The highest BCUT2D eigenvalue weighted by molar-refractivity contribution is 6.42. The molecule has 1 aromatic heterocycles. The van der Waals surface area contributed by atoms with Crippen LogP contribution in [0, 0.1) is 20.8 Å². The molecule has 0 spiro atoms. The van der Waals surface area contributed by atoms with Crippen LogP contribution in [0.15, 0.2) is 60.7 Å². The molecule has 0 aliphatic heterocycles. The van der Waals surface area contributed by atoms with Gasteiger partial charge in [0.1, 0.15) is 5.69 Å². The largest absolute Gasteiger partial charge is 0.328 e. The average molecular weight is 503 g/mol. The van der Waals surface area contributed by atoms with Crippen LogP contribution in [0.5, 0.6) is 0 Å². The van der Waals surface area contributed by atoms with Crippen molar-refractivity contribution in [1.82, 2.24) is 4.68 Å². The summed E-state index contributed by atoms with van der Waals surface area (Å²) in [4.78, 5) is 38.9. The molecule has 7 nitrogen and oxygen atoms in total. The number of carbonyl (C=O) groups is 3. The summed E-state index contributed by atoms with van der Waals surface area (Å²) < 4.78 is 1.30. The fraction of sp³-hybridized carbons (Fsp3) is 0.179. The Morgan fingerprint density at radius 2 is 1.50 bits per heavy atom. The van der Waals surface area contributed by atoms with Crippen molar-refractivity contribution >= 4 is 51.6 Å². The molecule has 0 radical (unpaired) electrons. The fourth-order valence-electron chi connectivity index (χ4n) is 4.19. The first-order valence-electron chi connectivity index (χ1n) is 11.6. The summed E-state index contributed by atoms with van der Waals surface area (Å²) in [6.07, 6.45) is 0.888. The Hall–Kier alpha value is -4.10. The van der Waals surface area contributed by atoms with Gasteiger partial charge in [-0.15, -0.1) is 0 Å². The lowest BCUT2D eigenvalue weighted by atomic mass is 10.1. The number of hydrogen-bond acceptors (Lipinski definition) is 3. The number of fused-ring (bicyclic) bond motifs is 1. The van der Waals surface area contributed by atoms with Crippen LogP contribution in [0.4, 0.5) is 11.4 Å². The molecule has 0 atom stereocenters. The summed E-state index contributed by atoms with van der Waals surface area (Å²) in [5, 5.41) is 6.65. The van der Waals surface area contributed by atoms with Crippen molar-refractivity contribution in [1.29, 1.82) is 0 Å². The van der Waals surface area contributed by atoms with Crippen LogP contribution in [0.3, 0.4) is 0 Å². The number of nitrogens with one attached hydrogen (secondary N) is 3. The van der Waals surface area contributed by atoms with Crippen LogP contribution >= 0.6 is 11.6 Å². The lowest BCUT2D eigenvalue weighted by Gasteiger charge is -2.15. The molecule has 3 aromatic carbocycles. The maximum absolute atomic E-state index is 13.2. The average Bonchev–Trinajstić information content (AvgIpc) is 3.19. The van der Waals surface area contributed by atoms with Crippen molar-refractivity contribution in [2.24, 2.45) is 0 Å². The molecule has 8 heteroatoms. The Morgan fingerprint density at radius 1 is 0.833 bits per heavy atom. The zero-order valence-electron chi connectivity index (χ0n) is 20.5. The van der Waals surface area contributed by atoms with E-state index in [1.54, 1.807) is 24.3 Å². The standard InChI is InChI=1S/C28H27ClN4O3/c1-5-19-6-9-22(10-7-19)30-26(34)24-15-20-14-21(29)8-11-23(20)33(24)32-28(36)27(35)31-25-17(3)12-16(2)13-18(25)4/h6-15H,5H2,1-4H3,(H,30,34)(H,31,35)(H,32,36). The summed E-state index contributed by atoms with van der Waals surface area (Å²) in [6.45, 7) is 7.75. The van der Waals surface area contributed by atoms with Gasteiger partial charge < -0.3 is 10.6 Å². The molecule has 3 amide bonds. The van der Waals surface area contributed by atoms with Crippen LogP contribution in [0.2, 0.25) is 5.02 Å². The molecular weight excluding hydrogens is 476 g/mol. The number of nitrogens with zero attached hydrogens (tertiary/aromatic N) is 1. The first-order chi connectivity index (χ1) is 17.2. The predicted octanol–water partition coefficient (Wildman–Crippen LogP) is 5.74. The van der Waals surface area contributed by atoms with E-state index in [4.69, 9.17) is 11.6 Å². The molecule has 4 aromatic rings. The molecule has 0 saturated heterocycles. The van der Waals surface area contributed by atoms with Crippen LogP contribution in [-0.2, 0) is 16.0 Å². The van der Waals surface area contributed by atoms with E-state index in [0.717, 1.165) is 28.7 Å². The third kappa shape index (κ3) is 5.26. The normalized spacial score (nSPS) is 10.8. The van der Waals surface area contributed by atoms with E-state index in [9.17, 15) is 14.4 Å². The van der Waals surface area contributed by atoms with Crippen LogP contribution in [-0.4, -0.2) is 22.4 Å². The van der Waals surface area contributed by atoms with Gasteiger partial charge in [0.15, 0.2) is 0 Å². The maximum atomic E-state index is 13.2. The molecule has 0 aliphatic carbocycles. The molecule has 0 aliphatic rings. The Bertz CT molecular complexity index is 1470. The molecule has 3 N–H and O–H groups in total. The summed E-state index contributed by atoms with van der Waals surface area (Å²) >= 11 is 6.14. The highest BCUT2D eigenvalue weighted by Gasteiger charge is 2.22. The molecule has 1 heterocycles. The van der Waals surface area contributed by atoms with Gasteiger partial charge in [-0.1, -0.05) is 48.4 Å². The number of rotatable bonds is 5. The van der Waals surface area contributed by atoms with Crippen molar-refractivity contribution < 1.29 is 14.4 Å². The van der Waals surface area contributed by atoms with Crippen molar-refractivity contribution in [2.75, 3.05) is 16.1 Å². The van der Waals surface area contributed by atoms with Gasteiger partial charge in [-0.25, -0.2) is 4.68 Å². The van der Waals surface area contributed by atoms with Crippen LogP contribution in [0.1, 0.15) is 39.7 Å². The second-order valence-electron chi connectivity index (χ2n) is 8.74. The van der Waals surface area contributed by atoms with Gasteiger partial charge in [0.05, 0.1) is 5.52 Å². The van der Waals surface area contributed by atoms with E-state index in [2.05, 4.69) is 23.0 Å². The van der Waals surface area contributed by atoms with E-state index >= 15 is 0 Å². The topological polar surface area (TPSA) is 92.2 Å². The van der Waals surface area contributed by atoms with E-state index < -0.39 is 17.7 Å². The molecule has 0 saturated carbocycles. The summed E-state index contributed by atoms with van der Waals surface area (Å²) in [5.74, 6) is -2.21. The molecular formula is C28H27ClN4O3. The van der Waals surface area contributed by atoms with Gasteiger partial charge in [-0.3, -0.25) is 19.8 Å². The van der Waals surface area contributed by atoms with Crippen LogP contribution in [0.25, 0.3) is 10.9 Å². The second-order valence-corrected chi connectivity index (χ2v) is 9.18. The van der Waals surface area contributed by atoms with Crippen molar-refractivity contribution in [3.05, 3.63) is 93.6 Å². The third-order valence-corrected chi connectivity index (χ3v) is 6.19. The van der Waals surface area contributed by atoms with Crippen molar-refractivity contribution in [2.45, 2.75) is 34.1 Å². The number of aromatic nitrogens is 1. The van der Waals surface area contributed by atoms with Crippen molar-refractivity contribution in [3.8, 4) is 0 Å². The van der Waals surface area contributed by atoms with Crippen molar-refractivity contribution in [3.63, 3.8) is 0 Å². The molecule has 0 fully saturated rings. The minimum atomic E-state index is -0.914. The number of aryl methyl sites for hydroxylation is 4. The Morgan fingerprint density at radius 3 is 2.14 bits per heavy atom. The van der Waals surface area contributed by atoms with E-state index in [0.29, 0.717) is 27.3 Å². The number of anilines is 2. The zero-order chi connectivity index (χ0) is 26.0. The highest BCUT2D eigenvalue weighted by Crippen LogP contribution is 2.25. The van der Waals surface area contributed by atoms with E-state index in [1.807, 2.05) is 57.2 Å². The van der Waals surface area contributed by atoms with Gasteiger partial charge in [-0.05, 0) is 80.3 Å².